The molecule has 202 valence electrons. The van der Waals surface area contributed by atoms with Crippen LogP contribution in [0.25, 0.3) is 11.1 Å². The van der Waals surface area contributed by atoms with E-state index in [9.17, 15) is 4.39 Å². The first-order valence-electron chi connectivity index (χ1n) is 12.9. The Balaban J connectivity index is 1.35. The molecule has 5 aromatic carbocycles. The molecule has 5 rings (SSSR count). The van der Waals surface area contributed by atoms with Crippen LogP contribution < -0.4 is 26.9 Å². The fourth-order valence-corrected chi connectivity index (χ4v) is 4.54. The molecule has 5 nitrogen and oxygen atoms in total. The van der Waals surface area contributed by atoms with Crippen molar-refractivity contribution in [2.45, 2.75) is 19.3 Å². The Bertz CT molecular complexity index is 1620. The van der Waals surface area contributed by atoms with Crippen molar-refractivity contribution in [2.24, 2.45) is 5.84 Å². The number of nitrogens with two attached hydrogens (primary N) is 1. The summed E-state index contributed by atoms with van der Waals surface area (Å²) in [5.74, 6) is 5.29. The van der Waals surface area contributed by atoms with E-state index >= 15 is 4.39 Å². The fourth-order valence-electron chi connectivity index (χ4n) is 4.54. The number of nitrogens with one attached hydrogen (secondary N) is 3. The van der Waals surface area contributed by atoms with Crippen LogP contribution in [0.1, 0.15) is 25.0 Å². The largest absolute Gasteiger partial charge is 0.457 e. The van der Waals surface area contributed by atoms with Crippen molar-refractivity contribution in [1.29, 1.82) is 0 Å². The number of halogens is 2. The van der Waals surface area contributed by atoms with E-state index in [0.717, 1.165) is 11.3 Å². The minimum atomic E-state index is -0.455. The summed E-state index contributed by atoms with van der Waals surface area (Å²) in [7, 11) is 0. The van der Waals surface area contributed by atoms with Crippen molar-refractivity contribution >= 4 is 17.1 Å². The molecule has 0 saturated carbocycles. The zero-order valence-corrected chi connectivity index (χ0v) is 22.2. The normalized spacial score (nSPS) is 11.1. The van der Waals surface area contributed by atoms with Gasteiger partial charge in [-0.15, -0.1) is 0 Å². The minimum absolute atomic E-state index is 0.188. The maximum Gasteiger partial charge on any atom is 0.137 e. The van der Waals surface area contributed by atoms with Gasteiger partial charge in [-0.05, 0) is 65.7 Å². The van der Waals surface area contributed by atoms with Gasteiger partial charge in [0.2, 0.25) is 0 Å². The van der Waals surface area contributed by atoms with E-state index in [1.54, 1.807) is 42.5 Å². The highest BCUT2D eigenvalue weighted by Crippen LogP contribution is 2.38. The molecule has 0 aliphatic carbocycles. The number of benzene rings is 5. The standard InChI is InChI=1S/C33H30F2N4O/c1-33(2,22-8-4-3-5-9-22)23-10-6-12-26(18-23)38-39-27-15-16-29(31(35)20-27)30-17-14-25(37-36)21-32(30)40-28-13-7-11-24(34)19-28/h3-21,37-39H,36H2,1-2H3. The molecule has 7 heteroatoms. The Kier molecular flexibility index (Phi) is 7.66. The number of rotatable bonds is 9. The number of ether oxygens (including phenoxy) is 1. The summed E-state index contributed by atoms with van der Waals surface area (Å²) in [6.07, 6.45) is 0. The predicted molar refractivity (Wildman–Crippen MR) is 158 cm³/mol. The molecule has 0 spiro atoms. The topological polar surface area (TPSA) is 71.3 Å². The Labute approximate surface area is 232 Å². The highest BCUT2D eigenvalue weighted by molar-refractivity contribution is 5.76. The smallest absolute Gasteiger partial charge is 0.137 e. The minimum Gasteiger partial charge on any atom is -0.457 e. The zero-order chi connectivity index (χ0) is 28.1. The third-order valence-electron chi connectivity index (χ3n) is 6.86. The van der Waals surface area contributed by atoms with Gasteiger partial charge >= 0.3 is 0 Å². The predicted octanol–water partition coefficient (Wildman–Crippen LogP) is 8.47. The highest BCUT2D eigenvalue weighted by Gasteiger charge is 2.23. The maximum absolute atomic E-state index is 15.4. The van der Waals surface area contributed by atoms with Crippen LogP contribution in [-0.2, 0) is 5.41 Å². The van der Waals surface area contributed by atoms with Gasteiger partial charge in [-0.1, -0.05) is 62.4 Å². The molecule has 0 atom stereocenters. The molecule has 0 bridgehead atoms. The molecule has 0 radical (unpaired) electrons. The quantitative estimate of drug-likeness (QED) is 0.112. The van der Waals surface area contributed by atoms with Gasteiger partial charge in [0.1, 0.15) is 23.1 Å². The van der Waals surface area contributed by atoms with E-state index in [0.29, 0.717) is 28.3 Å². The first-order chi connectivity index (χ1) is 19.3. The zero-order valence-electron chi connectivity index (χ0n) is 22.2. The molecule has 0 fully saturated rings. The average molecular weight is 537 g/mol. The SMILES string of the molecule is CC(C)(c1ccccc1)c1cccc(NNc2ccc(-c3ccc(NN)cc3Oc3cccc(F)c3)c(F)c2)c1. The van der Waals surface area contributed by atoms with Gasteiger partial charge in [0.15, 0.2) is 0 Å². The summed E-state index contributed by atoms with van der Waals surface area (Å²) in [5.41, 5.74) is 13.8. The molecule has 5 N–H and O–H groups in total. The van der Waals surface area contributed by atoms with Crippen LogP contribution in [-0.4, -0.2) is 0 Å². The second kappa shape index (κ2) is 11.5. The van der Waals surface area contributed by atoms with Crippen LogP contribution in [0.3, 0.4) is 0 Å². The molecular weight excluding hydrogens is 506 g/mol. The lowest BCUT2D eigenvalue weighted by atomic mass is 9.78. The maximum atomic E-state index is 15.4. The van der Waals surface area contributed by atoms with E-state index in [4.69, 9.17) is 10.6 Å². The lowest BCUT2D eigenvalue weighted by Gasteiger charge is -2.26. The lowest BCUT2D eigenvalue weighted by Crippen LogP contribution is -2.19. The summed E-state index contributed by atoms with van der Waals surface area (Å²) in [6, 6.07) is 34.1. The van der Waals surface area contributed by atoms with Crippen molar-refractivity contribution in [3.63, 3.8) is 0 Å². The molecule has 5 aromatic rings. The van der Waals surface area contributed by atoms with Crippen LogP contribution in [0.4, 0.5) is 25.8 Å². The lowest BCUT2D eigenvalue weighted by molar-refractivity contribution is 0.478. The molecule has 0 unspecified atom stereocenters. The van der Waals surface area contributed by atoms with Crippen molar-refractivity contribution in [3.05, 3.63) is 138 Å². The Morgan fingerprint density at radius 2 is 1.30 bits per heavy atom. The fraction of sp³-hybridized carbons (Fsp3) is 0.0909. The van der Waals surface area contributed by atoms with Crippen molar-refractivity contribution < 1.29 is 13.5 Å². The Morgan fingerprint density at radius 3 is 2.02 bits per heavy atom. The van der Waals surface area contributed by atoms with Gasteiger partial charge in [0.05, 0.1) is 17.1 Å². The second-order valence-corrected chi connectivity index (χ2v) is 9.93. The number of anilines is 3. The number of nitrogen functional groups attached to an aromatic ring is 1. The van der Waals surface area contributed by atoms with Gasteiger partial charge in [0.25, 0.3) is 0 Å². The number of hydrogen-bond donors (Lipinski definition) is 4. The van der Waals surface area contributed by atoms with Crippen LogP contribution in [0.5, 0.6) is 11.5 Å². The number of hydrazine groups is 2. The Hall–Kier alpha value is -4.88. The first kappa shape index (κ1) is 26.7. The third-order valence-corrected chi connectivity index (χ3v) is 6.86. The van der Waals surface area contributed by atoms with Crippen LogP contribution in [0, 0.1) is 11.6 Å². The molecule has 0 amide bonds. The third kappa shape index (κ3) is 5.90. The van der Waals surface area contributed by atoms with E-state index < -0.39 is 11.6 Å². The van der Waals surface area contributed by atoms with Gasteiger partial charge in [-0.3, -0.25) is 5.84 Å². The molecule has 40 heavy (non-hydrogen) atoms. The van der Waals surface area contributed by atoms with Crippen molar-refractivity contribution in [1.82, 2.24) is 0 Å². The van der Waals surface area contributed by atoms with E-state index in [1.165, 1.54) is 23.8 Å². The van der Waals surface area contributed by atoms with Gasteiger partial charge in [0, 0.05) is 28.7 Å². The van der Waals surface area contributed by atoms with Gasteiger partial charge < -0.3 is 21.0 Å². The average Bonchev–Trinajstić information content (AvgIpc) is 2.97. The van der Waals surface area contributed by atoms with Crippen LogP contribution >= 0.6 is 0 Å². The van der Waals surface area contributed by atoms with Crippen LogP contribution in [0.2, 0.25) is 0 Å². The second-order valence-electron chi connectivity index (χ2n) is 9.93. The van der Waals surface area contributed by atoms with Gasteiger partial charge in [-0.25, -0.2) is 8.78 Å². The molecular formula is C33H30F2N4O. The molecule has 0 heterocycles. The molecule has 0 aliphatic heterocycles. The summed E-state index contributed by atoms with van der Waals surface area (Å²) in [4.78, 5) is 0. The van der Waals surface area contributed by atoms with Crippen molar-refractivity contribution in [3.8, 4) is 22.6 Å². The summed E-state index contributed by atoms with van der Waals surface area (Å²) in [6.45, 7) is 4.37. The number of hydrogen-bond acceptors (Lipinski definition) is 5. The summed E-state index contributed by atoms with van der Waals surface area (Å²) >= 11 is 0. The molecule has 0 saturated heterocycles. The Morgan fingerprint density at radius 1 is 0.625 bits per heavy atom. The first-order valence-corrected chi connectivity index (χ1v) is 12.9. The van der Waals surface area contributed by atoms with Crippen LogP contribution in [0.15, 0.2) is 115 Å². The molecule has 0 aromatic heterocycles. The monoisotopic (exact) mass is 536 g/mol. The summed E-state index contributed by atoms with van der Waals surface area (Å²) in [5, 5.41) is 0. The van der Waals surface area contributed by atoms with Gasteiger partial charge in [-0.2, -0.15) is 0 Å². The van der Waals surface area contributed by atoms with E-state index in [1.807, 2.05) is 30.3 Å². The van der Waals surface area contributed by atoms with Crippen molar-refractivity contribution in [2.75, 3.05) is 16.3 Å². The highest BCUT2D eigenvalue weighted by atomic mass is 19.1. The summed E-state index contributed by atoms with van der Waals surface area (Å²) < 4.78 is 35.0. The van der Waals surface area contributed by atoms with E-state index in [-0.39, 0.29) is 11.2 Å². The van der Waals surface area contributed by atoms with E-state index in [2.05, 4.69) is 54.4 Å². The molecule has 0 aliphatic rings.